The maximum absolute atomic E-state index is 11.9. The first kappa shape index (κ1) is 13.2. The van der Waals surface area contributed by atoms with Gasteiger partial charge in [-0.1, -0.05) is 12.1 Å². The number of ether oxygens (including phenoxy) is 1. The number of benzene rings is 1. The van der Waals surface area contributed by atoms with E-state index in [0.29, 0.717) is 11.3 Å². The number of rotatable bonds is 2. The second-order valence-electron chi connectivity index (χ2n) is 3.60. The number of carbonyl (C=O) groups is 2. The maximum atomic E-state index is 11.9. The highest BCUT2D eigenvalue weighted by molar-refractivity contribution is 8.17. The lowest BCUT2D eigenvalue weighted by atomic mass is 10.2. The molecule has 6 heteroatoms. The summed E-state index contributed by atoms with van der Waals surface area (Å²) in [5.41, 5.74) is 0.922. The van der Waals surface area contributed by atoms with Crippen LogP contribution in [0.15, 0.2) is 34.9 Å². The largest absolute Gasteiger partial charge is 0.462 e. The Balaban J connectivity index is 2.41. The molecule has 5 nitrogen and oxygen atoms in total. The predicted octanol–water partition coefficient (Wildman–Crippen LogP) is 2.28. The van der Waals surface area contributed by atoms with Crippen LogP contribution in [0.2, 0.25) is 0 Å². The molecule has 0 bridgehead atoms. The van der Waals surface area contributed by atoms with Crippen LogP contribution in [-0.4, -0.2) is 17.7 Å². The molecule has 1 aliphatic heterocycles. The Labute approximate surface area is 114 Å². The number of thioether (sulfide) groups is 1. The number of nitrogens with one attached hydrogen (secondary N) is 1. The summed E-state index contributed by atoms with van der Waals surface area (Å²) in [6.07, 6.45) is 0. The van der Waals surface area contributed by atoms with E-state index < -0.39 is 5.97 Å². The van der Waals surface area contributed by atoms with Crippen LogP contribution in [0.5, 0.6) is 0 Å². The van der Waals surface area contributed by atoms with Gasteiger partial charge in [-0.05, 0) is 30.8 Å². The molecule has 0 atom stereocenters. The minimum absolute atomic E-state index is 0.173. The normalized spacial score (nSPS) is 15.9. The molecule has 1 heterocycles. The molecule has 0 unspecified atom stereocenters. The fraction of sp³-hybridized carbons (Fsp3) is 0.154. The van der Waals surface area contributed by atoms with E-state index in [-0.39, 0.29) is 22.3 Å². The van der Waals surface area contributed by atoms with Crippen molar-refractivity contribution in [2.75, 3.05) is 11.9 Å². The van der Waals surface area contributed by atoms with Crippen molar-refractivity contribution in [1.29, 1.82) is 5.26 Å². The molecule has 0 radical (unpaired) electrons. The van der Waals surface area contributed by atoms with Gasteiger partial charge in [0.1, 0.15) is 11.1 Å². The fourth-order valence-corrected chi connectivity index (χ4v) is 2.44. The molecule has 0 aliphatic carbocycles. The van der Waals surface area contributed by atoms with Gasteiger partial charge < -0.3 is 10.1 Å². The lowest BCUT2D eigenvalue weighted by molar-refractivity contribution is -0.138. The zero-order valence-electron chi connectivity index (χ0n) is 10.1. The second kappa shape index (κ2) is 5.59. The highest BCUT2D eigenvalue weighted by Gasteiger charge is 2.26. The van der Waals surface area contributed by atoms with Gasteiger partial charge in [0.2, 0.25) is 5.12 Å². The third-order valence-electron chi connectivity index (χ3n) is 2.41. The molecule has 0 saturated heterocycles. The van der Waals surface area contributed by atoms with Crippen LogP contribution in [0.25, 0.3) is 0 Å². The quantitative estimate of drug-likeness (QED) is 0.506. The molecule has 96 valence electrons. The van der Waals surface area contributed by atoms with Gasteiger partial charge in [0.15, 0.2) is 5.57 Å². The topological polar surface area (TPSA) is 79.2 Å². The van der Waals surface area contributed by atoms with Gasteiger partial charge in [0, 0.05) is 0 Å². The Hall–Kier alpha value is -2.26. The van der Waals surface area contributed by atoms with E-state index in [9.17, 15) is 9.59 Å². The zero-order chi connectivity index (χ0) is 13.8. The van der Waals surface area contributed by atoms with Crippen LogP contribution in [0, 0.1) is 11.3 Å². The minimum atomic E-state index is -0.729. The summed E-state index contributed by atoms with van der Waals surface area (Å²) in [4.78, 5) is 23.5. The molecular formula is C13H10N2O3S. The van der Waals surface area contributed by atoms with E-state index in [1.807, 2.05) is 0 Å². The van der Waals surface area contributed by atoms with Gasteiger partial charge in [-0.2, -0.15) is 5.26 Å². The molecule has 1 aliphatic rings. The molecule has 2 rings (SSSR count). The van der Waals surface area contributed by atoms with E-state index >= 15 is 0 Å². The van der Waals surface area contributed by atoms with Crippen LogP contribution in [-0.2, 0) is 9.53 Å². The average Bonchev–Trinajstić information content (AvgIpc) is 2.40. The number of para-hydroxylation sites is 1. The molecule has 0 fully saturated rings. The number of nitrogens with zero attached hydrogens (tertiary/aromatic N) is 1. The maximum Gasteiger partial charge on any atom is 0.351 e. The third kappa shape index (κ3) is 2.61. The Morgan fingerprint density at radius 1 is 1.47 bits per heavy atom. The van der Waals surface area contributed by atoms with Crippen molar-refractivity contribution < 1.29 is 14.3 Å². The first-order chi connectivity index (χ1) is 9.17. The summed E-state index contributed by atoms with van der Waals surface area (Å²) in [5.74, 6) is -0.729. The standard InChI is InChI=1S/C13H10N2O3S/c1-2-18-12(16)9(7-14)11-15-10-6-4-3-5-8(10)13(17)19-11/h3-6,15H,2H2,1H3/b11-9+. The van der Waals surface area contributed by atoms with E-state index in [4.69, 9.17) is 10.00 Å². The van der Waals surface area contributed by atoms with E-state index in [1.165, 1.54) is 0 Å². The summed E-state index contributed by atoms with van der Waals surface area (Å²) in [6.45, 7) is 1.83. The Morgan fingerprint density at radius 2 is 2.21 bits per heavy atom. The van der Waals surface area contributed by atoms with Crippen LogP contribution < -0.4 is 5.32 Å². The summed E-state index contributed by atoms with van der Waals surface area (Å²) < 4.78 is 4.79. The number of carbonyl (C=O) groups excluding carboxylic acids is 2. The molecule has 1 aromatic rings. The minimum Gasteiger partial charge on any atom is -0.462 e. The molecule has 0 saturated carbocycles. The van der Waals surface area contributed by atoms with Crippen molar-refractivity contribution in [3.05, 3.63) is 40.4 Å². The molecule has 0 amide bonds. The average molecular weight is 274 g/mol. The molecule has 19 heavy (non-hydrogen) atoms. The summed E-state index contributed by atoms with van der Waals surface area (Å²) in [5, 5.41) is 12.0. The van der Waals surface area contributed by atoms with Crippen molar-refractivity contribution in [1.82, 2.24) is 0 Å². The number of hydrogen-bond acceptors (Lipinski definition) is 6. The number of nitriles is 1. The first-order valence-electron chi connectivity index (χ1n) is 5.57. The van der Waals surface area contributed by atoms with Gasteiger partial charge in [-0.25, -0.2) is 4.79 Å². The zero-order valence-corrected chi connectivity index (χ0v) is 10.9. The smallest absolute Gasteiger partial charge is 0.351 e. The summed E-state index contributed by atoms with van der Waals surface area (Å²) in [7, 11) is 0. The summed E-state index contributed by atoms with van der Waals surface area (Å²) in [6, 6.07) is 8.70. The van der Waals surface area contributed by atoms with Crippen molar-refractivity contribution in [2.24, 2.45) is 0 Å². The first-order valence-corrected chi connectivity index (χ1v) is 6.38. The van der Waals surface area contributed by atoms with Gasteiger partial charge in [0.25, 0.3) is 0 Å². The van der Waals surface area contributed by atoms with E-state index in [0.717, 1.165) is 11.8 Å². The molecule has 0 spiro atoms. The molecule has 0 aromatic heterocycles. The van der Waals surface area contributed by atoms with Crippen molar-refractivity contribution in [3.8, 4) is 6.07 Å². The number of esters is 1. The van der Waals surface area contributed by atoms with Gasteiger partial charge in [-0.15, -0.1) is 0 Å². The summed E-state index contributed by atoms with van der Waals surface area (Å²) >= 11 is 0.822. The van der Waals surface area contributed by atoms with Crippen molar-refractivity contribution in [2.45, 2.75) is 6.92 Å². The van der Waals surface area contributed by atoms with Crippen molar-refractivity contribution >= 4 is 28.5 Å². The molecular weight excluding hydrogens is 264 g/mol. The lowest BCUT2D eigenvalue weighted by Gasteiger charge is -2.19. The lowest BCUT2D eigenvalue weighted by Crippen LogP contribution is -2.17. The highest BCUT2D eigenvalue weighted by Crippen LogP contribution is 2.35. The van der Waals surface area contributed by atoms with Gasteiger partial charge >= 0.3 is 5.97 Å². The van der Waals surface area contributed by atoms with Gasteiger partial charge in [-0.3, -0.25) is 4.79 Å². The van der Waals surface area contributed by atoms with E-state index in [1.54, 1.807) is 37.3 Å². The second-order valence-corrected chi connectivity index (χ2v) is 4.58. The third-order valence-corrected chi connectivity index (χ3v) is 3.32. The van der Waals surface area contributed by atoms with Crippen molar-refractivity contribution in [3.63, 3.8) is 0 Å². The van der Waals surface area contributed by atoms with Gasteiger partial charge in [0.05, 0.1) is 17.9 Å². The molecule has 1 N–H and O–H groups in total. The highest BCUT2D eigenvalue weighted by atomic mass is 32.2. The van der Waals surface area contributed by atoms with Crippen LogP contribution >= 0.6 is 11.8 Å². The molecule has 1 aromatic carbocycles. The number of anilines is 1. The van der Waals surface area contributed by atoms with E-state index in [2.05, 4.69) is 5.32 Å². The predicted molar refractivity (Wildman–Crippen MR) is 71.3 cm³/mol. The van der Waals surface area contributed by atoms with Crippen LogP contribution in [0.1, 0.15) is 17.3 Å². The number of fused-ring (bicyclic) bond motifs is 1. The SMILES string of the molecule is CCOC(=O)/C(C#N)=C1\Nc2ccccc2C(=O)S1. The van der Waals surface area contributed by atoms with Crippen LogP contribution in [0.4, 0.5) is 5.69 Å². The Morgan fingerprint density at radius 3 is 2.89 bits per heavy atom. The Kier molecular flexibility index (Phi) is 3.88. The Bertz CT molecular complexity index is 617. The fourth-order valence-electron chi connectivity index (χ4n) is 1.57. The van der Waals surface area contributed by atoms with Crippen LogP contribution in [0.3, 0.4) is 0 Å². The monoisotopic (exact) mass is 274 g/mol. The number of hydrogen-bond donors (Lipinski definition) is 1.